The number of carbonyl (C=O) groups is 1. The number of aromatic nitrogens is 1. The smallest absolute Gasteiger partial charge is 0.264 e. The van der Waals surface area contributed by atoms with Crippen LogP contribution >= 0.6 is 0 Å². The first-order valence-electron chi connectivity index (χ1n) is 13.4. The lowest BCUT2D eigenvalue weighted by Gasteiger charge is -2.25. The van der Waals surface area contributed by atoms with Crippen LogP contribution in [0.15, 0.2) is 76.7 Å². The molecule has 1 aromatic heterocycles. The minimum absolute atomic E-state index is 0.0424. The van der Waals surface area contributed by atoms with Crippen LogP contribution in [0.5, 0.6) is 11.5 Å². The van der Waals surface area contributed by atoms with Crippen LogP contribution in [0.2, 0.25) is 0 Å². The van der Waals surface area contributed by atoms with Crippen LogP contribution in [-0.4, -0.2) is 45.9 Å². The van der Waals surface area contributed by atoms with Gasteiger partial charge in [0.15, 0.2) is 11.5 Å². The number of hydrogen-bond donors (Lipinski definition) is 1. The molecule has 4 rings (SSSR count). The summed E-state index contributed by atoms with van der Waals surface area (Å²) in [4.78, 5) is 13.1. The molecule has 1 N–H and O–H groups in total. The largest absolute Gasteiger partial charge is 0.493 e. The number of anilines is 1. The highest BCUT2D eigenvalue weighted by Crippen LogP contribution is 2.32. The van der Waals surface area contributed by atoms with Crippen molar-refractivity contribution in [2.45, 2.75) is 39.5 Å². The number of aryl methyl sites for hydroxylation is 4. The summed E-state index contributed by atoms with van der Waals surface area (Å²) in [6.07, 6.45) is 1.57. The molecule has 0 atom stereocenters. The van der Waals surface area contributed by atoms with Crippen molar-refractivity contribution in [1.82, 2.24) is 9.99 Å². The fourth-order valence-corrected chi connectivity index (χ4v) is 6.36. The van der Waals surface area contributed by atoms with Crippen molar-refractivity contribution in [3.8, 4) is 17.2 Å². The normalized spacial score (nSPS) is 11.5. The summed E-state index contributed by atoms with van der Waals surface area (Å²) in [5.41, 5.74) is 9.59. The Balaban J connectivity index is 1.61. The highest BCUT2D eigenvalue weighted by atomic mass is 32.2. The second-order valence-corrected chi connectivity index (χ2v) is 12.0. The van der Waals surface area contributed by atoms with Crippen molar-refractivity contribution in [3.63, 3.8) is 0 Å². The number of sulfonamides is 1. The number of hydrogen-bond acceptors (Lipinski definition) is 6. The second-order valence-electron chi connectivity index (χ2n) is 10.2. The third kappa shape index (κ3) is 6.49. The van der Waals surface area contributed by atoms with Crippen molar-refractivity contribution in [2.75, 3.05) is 25.1 Å². The van der Waals surface area contributed by atoms with E-state index in [1.807, 2.05) is 65.0 Å². The first kappa shape index (κ1) is 30.4. The zero-order chi connectivity index (χ0) is 30.6. The van der Waals surface area contributed by atoms with Crippen LogP contribution in [0.1, 0.15) is 33.6 Å². The van der Waals surface area contributed by atoms with Crippen LogP contribution in [0.25, 0.3) is 5.69 Å². The Hall–Kier alpha value is -4.57. The Labute approximate surface area is 247 Å². The number of nitrogens with one attached hydrogen (secondary N) is 1. The van der Waals surface area contributed by atoms with Gasteiger partial charge >= 0.3 is 0 Å². The highest BCUT2D eigenvalue weighted by molar-refractivity contribution is 7.92. The van der Waals surface area contributed by atoms with E-state index in [2.05, 4.69) is 21.2 Å². The molecule has 0 saturated heterocycles. The monoisotopic (exact) mass is 588 g/mol. The molecule has 220 valence electrons. The molecule has 9 nitrogen and oxygen atoms in total. The standard InChI is InChI=1S/C32H36N4O5S/c1-21-9-8-10-27(14-21)36-24(4)17-26(25(36)5)19-33-34-32(37)20-35(28-15-22(2)13-23(3)16-28)42(38,39)29-11-12-30(40-6)31(18-29)41-7/h8-19H,20H2,1-7H3,(H,34,37)/b33-19+. The lowest BCUT2D eigenvalue weighted by molar-refractivity contribution is -0.119. The Morgan fingerprint density at radius 2 is 1.57 bits per heavy atom. The molecule has 42 heavy (non-hydrogen) atoms. The van der Waals surface area contributed by atoms with Crippen molar-refractivity contribution in [2.24, 2.45) is 5.10 Å². The zero-order valence-electron chi connectivity index (χ0n) is 24.9. The maximum absolute atomic E-state index is 13.9. The minimum atomic E-state index is -4.18. The molecular formula is C32H36N4O5S. The summed E-state index contributed by atoms with van der Waals surface area (Å²) < 4.78 is 41.6. The maximum Gasteiger partial charge on any atom is 0.264 e. The number of amides is 1. The first-order valence-corrected chi connectivity index (χ1v) is 14.8. The molecule has 0 aliphatic heterocycles. The SMILES string of the molecule is COc1ccc(S(=O)(=O)N(CC(=O)N/N=C/c2cc(C)n(-c3cccc(C)c3)c2C)c2cc(C)cc(C)c2)cc1OC. The molecule has 3 aromatic carbocycles. The molecule has 1 heterocycles. The summed E-state index contributed by atoms with van der Waals surface area (Å²) >= 11 is 0. The molecule has 0 aliphatic rings. The first-order chi connectivity index (χ1) is 19.9. The molecular weight excluding hydrogens is 552 g/mol. The summed E-state index contributed by atoms with van der Waals surface area (Å²) in [5, 5.41) is 4.16. The van der Waals surface area contributed by atoms with Crippen molar-refractivity contribution >= 4 is 27.8 Å². The van der Waals surface area contributed by atoms with E-state index < -0.39 is 22.5 Å². The summed E-state index contributed by atoms with van der Waals surface area (Å²) in [7, 11) is -1.28. The molecule has 4 aromatic rings. The number of benzene rings is 3. The van der Waals surface area contributed by atoms with Gasteiger partial charge in [0.2, 0.25) is 0 Å². The van der Waals surface area contributed by atoms with Crippen LogP contribution in [0, 0.1) is 34.6 Å². The van der Waals surface area contributed by atoms with Crippen LogP contribution in [-0.2, 0) is 14.8 Å². The predicted molar refractivity (Wildman–Crippen MR) is 166 cm³/mol. The van der Waals surface area contributed by atoms with Crippen molar-refractivity contribution < 1.29 is 22.7 Å². The highest BCUT2D eigenvalue weighted by Gasteiger charge is 2.29. The van der Waals surface area contributed by atoms with Gasteiger partial charge in [-0.1, -0.05) is 18.2 Å². The van der Waals surface area contributed by atoms with Crippen LogP contribution < -0.4 is 19.2 Å². The number of methoxy groups -OCH3 is 2. The molecule has 0 spiro atoms. The summed E-state index contributed by atoms with van der Waals surface area (Å²) in [5.74, 6) is 0.0569. The average molecular weight is 589 g/mol. The molecule has 0 unspecified atom stereocenters. The topological polar surface area (TPSA) is 102 Å². The summed E-state index contributed by atoms with van der Waals surface area (Å²) in [6.45, 7) is 9.29. The molecule has 1 amide bonds. The number of carbonyl (C=O) groups excluding carboxylic acids is 1. The molecule has 0 radical (unpaired) electrons. The van der Waals surface area contributed by atoms with E-state index in [1.165, 1.54) is 32.4 Å². The maximum atomic E-state index is 13.9. The number of ether oxygens (including phenoxy) is 2. The molecule has 0 fully saturated rings. The quantitative estimate of drug-likeness (QED) is 0.198. The fourth-order valence-electron chi connectivity index (χ4n) is 4.94. The van der Waals surface area contributed by atoms with Crippen molar-refractivity contribution in [1.29, 1.82) is 0 Å². The second kappa shape index (κ2) is 12.5. The van der Waals surface area contributed by atoms with E-state index in [0.717, 1.165) is 43.6 Å². The van der Waals surface area contributed by atoms with Gasteiger partial charge < -0.3 is 14.0 Å². The third-order valence-electron chi connectivity index (χ3n) is 6.85. The molecule has 0 saturated carbocycles. The van der Waals surface area contributed by atoms with Gasteiger partial charge in [-0.15, -0.1) is 0 Å². The van der Waals surface area contributed by atoms with Gasteiger partial charge in [0.05, 0.1) is 31.0 Å². The fraction of sp³-hybridized carbons (Fsp3) is 0.250. The number of nitrogens with zero attached hydrogens (tertiary/aromatic N) is 3. The lowest BCUT2D eigenvalue weighted by atomic mass is 10.1. The minimum Gasteiger partial charge on any atom is -0.493 e. The van der Waals surface area contributed by atoms with E-state index in [-0.39, 0.29) is 10.6 Å². The molecule has 0 aliphatic carbocycles. The summed E-state index contributed by atoms with van der Waals surface area (Å²) in [6, 6.07) is 19.9. The molecule has 0 bridgehead atoms. The van der Waals surface area contributed by atoms with E-state index in [0.29, 0.717) is 11.4 Å². The molecule has 10 heteroatoms. The van der Waals surface area contributed by atoms with Gasteiger partial charge in [0.1, 0.15) is 6.54 Å². The van der Waals surface area contributed by atoms with Crippen molar-refractivity contribution in [3.05, 3.63) is 100 Å². The Kier molecular flexibility index (Phi) is 9.06. The van der Waals surface area contributed by atoms with E-state index >= 15 is 0 Å². The predicted octanol–water partition coefficient (Wildman–Crippen LogP) is 5.38. The van der Waals surface area contributed by atoms with Crippen LogP contribution in [0.3, 0.4) is 0 Å². The van der Waals surface area contributed by atoms with Gasteiger partial charge in [-0.25, -0.2) is 13.8 Å². The van der Waals surface area contributed by atoms with Gasteiger partial charge in [0.25, 0.3) is 15.9 Å². The van der Waals surface area contributed by atoms with Crippen LogP contribution in [0.4, 0.5) is 5.69 Å². The van der Waals surface area contributed by atoms with Gasteiger partial charge in [-0.3, -0.25) is 9.10 Å². The van der Waals surface area contributed by atoms with E-state index in [1.54, 1.807) is 18.3 Å². The van der Waals surface area contributed by atoms with E-state index in [9.17, 15) is 13.2 Å². The Morgan fingerprint density at radius 3 is 2.21 bits per heavy atom. The number of hydrazone groups is 1. The number of rotatable bonds is 10. The Morgan fingerprint density at radius 1 is 0.881 bits per heavy atom. The Bertz CT molecular complexity index is 1740. The average Bonchev–Trinajstić information content (AvgIpc) is 3.22. The van der Waals surface area contributed by atoms with E-state index in [4.69, 9.17) is 9.47 Å². The zero-order valence-corrected chi connectivity index (χ0v) is 25.7. The van der Waals surface area contributed by atoms with Gasteiger partial charge in [-0.05, 0) is 93.8 Å². The lowest BCUT2D eigenvalue weighted by Crippen LogP contribution is -2.39. The third-order valence-corrected chi connectivity index (χ3v) is 8.62. The van der Waals surface area contributed by atoms with Gasteiger partial charge in [0, 0.05) is 28.7 Å². The van der Waals surface area contributed by atoms with Gasteiger partial charge in [-0.2, -0.15) is 5.10 Å².